The van der Waals surface area contributed by atoms with E-state index in [1.54, 1.807) is 6.33 Å². The van der Waals surface area contributed by atoms with Gasteiger partial charge in [-0.25, -0.2) is 9.78 Å². The Morgan fingerprint density at radius 1 is 1.25 bits per heavy atom. The molecule has 7 nitrogen and oxygen atoms in total. The minimum Gasteiger partial charge on any atom is -0.462 e. The summed E-state index contributed by atoms with van der Waals surface area (Å²) in [5.74, 6) is 1.15. The van der Waals surface area contributed by atoms with E-state index in [-0.39, 0.29) is 12.3 Å². The number of H-pyrrole nitrogens is 1. The molecule has 4 heterocycles. The second-order valence-electron chi connectivity index (χ2n) is 8.20. The van der Waals surface area contributed by atoms with Crippen LogP contribution in [0.5, 0.6) is 11.5 Å². The summed E-state index contributed by atoms with van der Waals surface area (Å²) >= 11 is 0. The number of carbonyl (C=O) groups is 1. The van der Waals surface area contributed by atoms with Gasteiger partial charge in [0.15, 0.2) is 11.5 Å². The fraction of sp³-hybridized carbons (Fsp3) is 0.280. The van der Waals surface area contributed by atoms with Crippen molar-refractivity contribution in [1.82, 2.24) is 14.5 Å². The first kappa shape index (κ1) is 19.0. The van der Waals surface area contributed by atoms with E-state index >= 15 is 0 Å². The number of hydrogen-bond donors (Lipinski definition) is 1. The summed E-state index contributed by atoms with van der Waals surface area (Å²) < 4.78 is 19.4. The van der Waals surface area contributed by atoms with Crippen LogP contribution in [0.1, 0.15) is 35.5 Å². The Labute approximate surface area is 184 Å². The van der Waals surface area contributed by atoms with Crippen molar-refractivity contribution in [2.45, 2.75) is 40.0 Å². The lowest BCUT2D eigenvalue weighted by molar-refractivity contribution is 0.0527. The fourth-order valence-electron chi connectivity index (χ4n) is 4.97. The van der Waals surface area contributed by atoms with Gasteiger partial charge in [0, 0.05) is 30.3 Å². The summed E-state index contributed by atoms with van der Waals surface area (Å²) in [6.45, 7) is 6.87. The van der Waals surface area contributed by atoms with Gasteiger partial charge in [-0.05, 0) is 55.7 Å². The van der Waals surface area contributed by atoms with E-state index in [2.05, 4.69) is 21.5 Å². The molecule has 0 fully saturated rings. The minimum absolute atomic E-state index is 0.313. The van der Waals surface area contributed by atoms with Crippen molar-refractivity contribution in [1.29, 1.82) is 0 Å². The minimum atomic E-state index is -0.317. The summed E-state index contributed by atoms with van der Waals surface area (Å²) in [6.07, 6.45) is 2.21. The van der Waals surface area contributed by atoms with Crippen LogP contribution in [0.2, 0.25) is 0 Å². The molecule has 2 aromatic heterocycles. The lowest BCUT2D eigenvalue weighted by atomic mass is 9.93. The number of benzene rings is 2. The first-order valence-corrected chi connectivity index (χ1v) is 10.9. The number of aromatic amines is 1. The third-order valence-corrected chi connectivity index (χ3v) is 6.33. The van der Waals surface area contributed by atoms with Gasteiger partial charge in [0.1, 0.15) is 0 Å². The van der Waals surface area contributed by atoms with Crippen molar-refractivity contribution < 1.29 is 19.0 Å². The number of nitrogens with one attached hydrogen (secondary N) is 1. The third-order valence-electron chi connectivity index (χ3n) is 6.33. The number of rotatable bonds is 3. The molecule has 162 valence electrons. The Hall–Kier alpha value is -3.74. The summed E-state index contributed by atoms with van der Waals surface area (Å²) in [5.41, 5.74) is 8.33. The molecule has 0 spiro atoms. The summed E-state index contributed by atoms with van der Waals surface area (Å²) in [7, 11) is 0. The second kappa shape index (κ2) is 6.88. The topological polar surface area (TPSA) is 78.4 Å². The Balaban J connectivity index is 1.62. The maximum Gasteiger partial charge on any atom is 0.340 e. The number of fused-ring (bicyclic) bond motifs is 5. The van der Waals surface area contributed by atoms with Crippen LogP contribution in [-0.2, 0) is 17.7 Å². The number of nitrogens with zero attached hydrogens (tertiary/aromatic N) is 2. The molecule has 32 heavy (non-hydrogen) atoms. The average Bonchev–Trinajstić information content (AvgIpc) is 3.46. The Kier molecular flexibility index (Phi) is 4.08. The number of aryl methyl sites for hydroxylation is 1. The quantitative estimate of drug-likeness (QED) is 0.471. The van der Waals surface area contributed by atoms with Crippen LogP contribution in [0.3, 0.4) is 0 Å². The van der Waals surface area contributed by atoms with E-state index in [1.165, 1.54) is 0 Å². The van der Waals surface area contributed by atoms with Crippen LogP contribution in [-0.4, -0.2) is 33.4 Å². The average molecular weight is 429 g/mol. The number of carbonyl (C=O) groups excluding carboxylic acids is 1. The lowest BCUT2D eigenvalue weighted by Gasteiger charge is -2.22. The van der Waals surface area contributed by atoms with Crippen LogP contribution in [0.25, 0.3) is 33.4 Å². The standard InChI is InChI=1S/C25H23N3O4/c1-4-30-25(29)23-22(16-5-6-18-19(9-16)27-12-26-18)13(2)28-8-7-15-10-20-21(32-14(3)31-20)11-17(15)24(23)28/h5-6,9-12,14H,4,7-8H2,1-3H3,(H,26,27). The molecular weight excluding hydrogens is 406 g/mol. The molecule has 4 aromatic rings. The van der Waals surface area contributed by atoms with Crippen LogP contribution in [0.4, 0.5) is 0 Å². The maximum absolute atomic E-state index is 13.3. The number of ether oxygens (including phenoxy) is 3. The van der Waals surface area contributed by atoms with E-state index in [1.807, 2.05) is 44.2 Å². The molecule has 0 bridgehead atoms. The Morgan fingerprint density at radius 2 is 2.06 bits per heavy atom. The van der Waals surface area contributed by atoms with Gasteiger partial charge in [-0.2, -0.15) is 0 Å². The van der Waals surface area contributed by atoms with Crippen LogP contribution in [0, 0.1) is 6.92 Å². The van der Waals surface area contributed by atoms with Gasteiger partial charge in [-0.15, -0.1) is 0 Å². The zero-order chi connectivity index (χ0) is 22.0. The zero-order valence-corrected chi connectivity index (χ0v) is 18.2. The molecule has 6 rings (SSSR count). The molecule has 0 amide bonds. The van der Waals surface area contributed by atoms with Crippen LogP contribution < -0.4 is 9.47 Å². The highest BCUT2D eigenvalue weighted by Gasteiger charge is 2.33. The van der Waals surface area contributed by atoms with Crippen molar-refractivity contribution in [3.8, 4) is 33.9 Å². The first-order chi connectivity index (χ1) is 15.5. The van der Waals surface area contributed by atoms with Gasteiger partial charge < -0.3 is 23.8 Å². The second-order valence-corrected chi connectivity index (χ2v) is 8.20. The smallest absolute Gasteiger partial charge is 0.340 e. The third kappa shape index (κ3) is 2.67. The predicted octanol–water partition coefficient (Wildman–Crippen LogP) is 4.86. The zero-order valence-electron chi connectivity index (χ0n) is 18.2. The van der Waals surface area contributed by atoms with Crippen molar-refractivity contribution in [3.63, 3.8) is 0 Å². The van der Waals surface area contributed by atoms with Gasteiger partial charge in [0.2, 0.25) is 6.29 Å². The molecule has 0 aliphatic carbocycles. The maximum atomic E-state index is 13.3. The highest BCUT2D eigenvalue weighted by Crippen LogP contribution is 2.47. The van der Waals surface area contributed by atoms with Gasteiger partial charge in [-0.3, -0.25) is 0 Å². The SMILES string of the molecule is CCOC(=O)c1c(-c2ccc3nc[nH]c3c2)c(C)n2c1-c1cc3c(cc1CC2)OC(C)O3. The molecule has 2 aromatic carbocycles. The highest BCUT2D eigenvalue weighted by atomic mass is 16.7. The number of imidazole rings is 1. The summed E-state index contributed by atoms with van der Waals surface area (Å²) in [4.78, 5) is 20.8. The van der Waals surface area contributed by atoms with E-state index in [4.69, 9.17) is 14.2 Å². The number of hydrogen-bond acceptors (Lipinski definition) is 5. The number of aromatic nitrogens is 3. The van der Waals surface area contributed by atoms with Gasteiger partial charge in [0.05, 0.1) is 35.2 Å². The Morgan fingerprint density at radius 3 is 2.88 bits per heavy atom. The van der Waals surface area contributed by atoms with Crippen molar-refractivity contribution >= 4 is 17.0 Å². The lowest BCUT2D eigenvalue weighted by Crippen LogP contribution is -2.14. The van der Waals surface area contributed by atoms with Crippen LogP contribution in [0.15, 0.2) is 36.7 Å². The van der Waals surface area contributed by atoms with Gasteiger partial charge >= 0.3 is 5.97 Å². The normalized spacial score (nSPS) is 16.2. The largest absolute Gasteiger partial charge is 0.462 e. The van der Waals surface area contributed by atoms with Crippen molar-refractivity contribution in [2.24, 2.45) is 0 Å². The monoisotopic (exact) mass is 429 g/mol. The molecule has 2 aliphatic rings. The van der Waals surface area contributed by atoms with Gasteiger partial charge in [0.25, 0.3) is 0 Å². The molecule has 0 saturated heterocycles. The van der Waals surface area contributed by atoms with E-state index in [9.17, 15) is 4.79 Å². The molecule has 0 radical (unpaired) electrons. The van der Waals surface area contributed by atoms with E-state index < -0.39 is 0 Å². The Bertz CT molecular complexity index is 1400. The van der Waals surface area contributed by atoms with E-state index in [0.717, 1.165) is 63.4 Å². The fourth-order valence-corrected chi connectivity index (χ4v) is 4.97. The molecule has 7 heteroatoms. The molecule has 2 aliphatic heterocycles. The van der Waals surface area contributed by atoms with Crippen LogP contribution >= 0.6 is 0 Å². The molecule has 0 saturated carbocycles. The van der Waals surface area contributed by atoms with Crippen molar-refractivity contribution in [2.75, 3.05) is 6.61 Å². The molecular formula is C25H23N3O4. The van der Waals surface area contributed by atoms with Crippen molar-refractivity contribution in [3.05, 3.63) is 53.5 Å². The summed E-state index contributed by atoms with van der Waals surface area (Å²) in [6, 6.07) is 10.1. The van der Waals surface area contributed by atoms with Gasteiger partial charge in [-0.1, -0.05) is 6.07 Å². The predicted molar refractivity (Wildman–Crippen MR) is 120 cm³/mol. The molecule has 1 unspecified atom stereocenters. The first-order valence-electron chi connectivity index (χ1n) is 10.9. The highest BCUT2D eigenvalue weighted by molar-refractivity contribution is 6.06. The number of esters is 1. The molecule has 1 N–H and O–H groups in total. The summed E-state index contributed by atoms with van der Waals surface area (Å²) in [5, 5.41) is 0. The van der Waals surface area contributed by atoms with E-state index in [0.29, 0.717) is 17.9 Å². The molecule has 1 atom stereocenters.